The van der Waals surface area contributed by atoms with Gasteiger partial charge in [-0.25, -0.2) is 4.79 Å². The van der Waals surface area contributed by atoms with E-state index in [4.69, 9.17) is 18.9 Å². The maximum atomic E-state index is 11.6. The third kappa shape index (κ3) is 4.24. The molecule has 19 heavy (non-hydrogen) atoms. The van der Waals surface area contributed by atoms with Gasteiger partial charge in [0, 0.05) is 6.07 Å². The van der Waals surface area contributed by atoms with Crippen molar-refractivity contribution in [2.75, 3.05) is 19.8 Å². The van der Waals surface area contributed by atoms with E-state index in [1.165, 1.54) is 6.07 Å². The number of nitrogens with zero attached hydrogens (tertiary/aromatic N) is 2. The third-order valence-electron chi connectivity index (χ3n) is 2.25. The fourth-order valence-electron chi connectivity index (χ4n) is 1.34. The Morgan fingerprint density at radius 1 is 1.42 bits per heavy atom. The minimum absolute atomic E-state index is 0.144. The van der Waals surface area contributed by atoms with Gasteiger partial charge in [-0.3, -0.25) is 0 Å². The van der Waals surface area contributed by atoms with Crippen LogP contribution in [0.3, 0.4) is 0 Å². The first-order valence-corrected chi connectivity index (χ1v) is 5.82. The van der Waals surface area contributed by atoms with Crippen molar-refractivity contribution in [1.29, 1.82) is 0 Å². The van der Waals surface area contributed by atoms with Crippen molar-refractivity contribution >= 4 is 5.97 Å². The molecule has 1 aromatic heterocycles. The van der Waals surface area contributed by atoms with E-state index in [1.807, 2.05) is 6.92 Å². The average Bonchev–Trinajstić information content (AvgIpc) is 2.49. The Labute approximate surface area is 110 Å². The Bertz CT molecular complexity index is 447. The predicted octanol–water partition coefficient (Wildman–Crippen LogP) is 1.17. The summed E-state index contributed by atoms with van der Waals surface area (Å²) in [6.45, 7) is 7.81. The van der Waals surface area contributed by atoms with Crippen molar-refractivity contribution in [2.45, 2.75) is 19.8 Å². The van der Waals surface area contributed by atoms with E-state index in [9.17, 15) is 4.79 Å². The van der Waals surface area contributed by atoms with Gasteiger partial charge in [0.1, 0.15) is 13.2 Å². The summed E-state index contributed by atoms with van der Waals surface area (Å²) >= 11 is 0. The summed E-state index contributed by atoms with van der Waals surface area (Å²) in [5, 5.41) is 7.51. The molecule has 0 saturated heterocycles. The van der Waals surface area contributed by atoms with E-state index in [2.05, 4.69) is 16.8 Å². The predicted molar refractivity (Wildman–Crippen MR) is 62.1 cm³/mol. The normalized spacial score (nSPS) is 11.9. The van der Waals surface area contributed by atoms with Crippen molar-refractivity contribution in [1.82, 2.24) is 10.2 Å². The molecule has 0 N–H and O–H groups in total. The summed E-state index contributed by atoms with van der Waals surface area (Å²) in [5.41, 5.74) is 0.144. The summed E-state index contributed by atoms with van der Waals surface area (Å²) in [6.07, 6.45) is 1.81. The molecule has 0 fully saturated rings. The molecule has 0 atom stereocenters. The summed E-state index contributed by atoms with van der Waals surface area (Å²) in [5.74, 6) is 0.276. The first-order chi connectivity index (χ1) is 9.31. The van der Waals surface area contributed by atoms with Crippen molar-refractivity contribution < 1.29 is 23.7 Å². The molecule has 102 valence electrons. The van der Waals surface area contributed by atoms with Gasteiger partial charge in [0.15, 0.2) is 11.4 Å². The molecule has 0 bridgehead atoms. The number of aromatic nitrogens is 2. The molecule has 0 unspecified atom stereocenters. The summed E-state index contributed by atoms with van der Waals surface area (Å²) in [7, 11) is 0. The van der Waals surface area contributed by atoms with E-state index in [0.717, 1.165) is 12.8 Å². The summed E-state index contributed by atoms with van der Waals surface area (Å²) < 4.78 is 23.0. The van der Waals surface area contributed by atoms with Gasteiger partial charge in [-0.2, -0.15) is 0 Å². The van der Waals surface area contributed by atoms with E-state index >= 15 is 0 Å². The molecule has 1 aromatic rings. The molecule has 7 heteroatoms. The zero-order chi connectivity index (χ0) is 14.1. The standard InChI is InChI=1S/C11H14N2O4.CO/c1-2-3-4-17-11(14)8-7-9-10(13-12-8)16-6-5-15-9;1-2/h7H,2-6H2,1H3;. The molecule has 0 radical (unpaired) electrons. The fourth-order valence-corrected chi connectivity index (χ4v) is 1.34. The Hall–Kier alpha value is -2.11. The van der Waals surface area contributed by atoms with Crippen LogP contribution in [0, 0.1) is 6.65 Å². The fraction of sp³-hybridized carbons (Fsp3) is 0.500. The molecule has 0 amide bonds. The molecular formula is C12H14N2O5. The molecule has 1 aliphatic rings. The van der Waals surface area contributed by atoms with Crippen molar-refractivity contribution in [3.05, 3.63) is 18.4 Å². The SMILES string of the molecule is CCCCOC(=O)c1cc2c(nn1)OCCO2.[C-]#[O+]. The Kier molecular flexibility index (Phi) is 6.35. The molecule has 0 aromatic carbocycles. The van der Waals surface area contributed by atoms with Gasteiger partial charge in [0.25, 0.3) is 5.88 Å². The molecule has 2 heterocycles. The van der Waals surface area contributed by atoms with Crippen LogP contribution in [0.25, 0.3) is 0 Å². The number of ether oxygens (including phenoxy) is 3. The van der Waals surface area contributed by atoms with E-state index in [1.54, 1.807) is 0 Å². The average molecular weight is 266 g/mol. The maximum absolute atomic E-state index is 11.6. The number of unbranched alkanes of at least 4 members (excludes halogenated alkanes) is 1. The quantitative estimate of drug-likeness (QED) is 0.351. The zero-order valence-corrected chi connectivity index (χ0v) is 10.5. The van der Waals surface area contributed by atoms with Gasteiger partial charge in [0.05, 0.1) is 6.61 Å². The monoisotopic (exact) mass is 266 g/mol. The van der Waals surface area contributed by atoms with E-state index in [0.29, 0.717) is 31.5 Å². The van der Waals surface area contributed by atoms with Crippen LogP contribution in [0.2, 0.25) is 0 Å². The van der Waals surface area contributed by atoms with Crippen molar-refractivity contribution in [3.63, 3.8) is 0 Å². The zero-order valence-electron chi connectivity index (χ0n) is 10.5. The van der Waals surface area contributed by atoms with Gasteiger partial charge >= 0.3 is 17.3 Å². The second-order valence-corrected chi connectivity index (χ2v) is 3.59. The number of rotatable bonds is 4. The van der Waals surface area contributed by atoms with Crippen LogP contribution < -0.4 is 9.47 Å². The first kappa shape index (κ1) is 14.9. The first-order valence-electron chi connectivity index (χ1n) is 5.82. The third-order valence-corrected chi connectivity index (χ3v) is 2.25. The number of hydrogen-bond acceptors (Lipinski definition) is 6. The van der Waals surface area contributed by atoms with Gasteiger partial charge in [0.2, 0.25) is 0 Å². The van der Waals surface area contributed by atoms with Crippen LogP contribution in [-0.2, 0) is 9.39 Å². The van der Waals surface area contributed by atoms with Gasteiger partial charge < -0.3 is 14.2 Å². The molecule has 2 rings (SSSR count). The molecule has 1 aliphatic heterocycles. The topological polar surface area (TPSA) is 90.4 Å². The van der Waals surface area contributed by atoms with Crippen LogP contribution in [-0.4, -0.2) is 36.0 Å². The number of esters is 1. The molecule has 0 saturated carbocycles. The molecule has 7 nitrogen and oxygen atoms in total. The van der Waals surface area contributed by atoms with Crippen molar-refractivity contribution in [3.8, 4) is 11.6 Å². The molecular weight excluding hydrogens is 252 g/mol. The summed E-state index contributed by atoms with van der Waals surface area (Å²) in [4.78, 5) is 11.6. The van der Waals surface area contributed by atoms with Crippen LogP contribution in [0.15, 0.2) is 6.07 Å². The van der Waals surface area contributed by atoms with E-state index < -0.39 is 5.97 Å². The van der Waals surface area contributed by atoms with Crippen LogP contribution >= 0.6 is 0 Å². The Balaban J connectivity index is 0.000000861. The Morgan fingerprint density at radius 2 is 2.16 bits per heavy atom. The Morgan fingerprint density at radius 3 is 2.89 bits per heavy atom. The minimum atomic E-state index is -0.483. The van der Waals surface area contributed by atoms with Gasteiger partial charge in [-0.05, 0) is 6.42 Å². The van der Waals surface area contributed by atoms with Crippen LogP contribution in [0.4, 0.5) is 0 Å². The molecule has 0 aliphatic carbocycles. The van der Waals surface area contributed by atoms with Gasteiger partial charge in [-0.1, -0.05) is 13.3 Å². The van der Waals surface area contributed by atoms with Crippen LogP contribution in [0.5, 0.6) is 11.6 Å². The second kappa shape index (κ2) is 8.07. The van der Waals surface area contributed by atoms with Gasteiger partial charge in [-0.15, -0.1) is 10.2 Å². The van der Waals surface area contributed by atoms with Crippen LogP contribution in [0.1, 0.15) is 30.3 Å². The van der Waals surface area contributed by atoms with E-state index in [-0.39, 0.29) is 5.69 Å². The van der Waals surface area contributed by atoms with Crippen molar-refractivity contribution in [2.24, 2.45) is 0 Å². The summed E-state index contributed by atoms with van der Waals surface area (Å²) in [6, 6.07) is 1.50. The number of hydrogen-bond donors (Lipinski definition) is 0. The number of fused-ring (bicyclic) bond motifs is 1. The number of carbonyl (C=O) groups excluding carboxylic acids is 1. The number of carbonyl (C=O) groups is 1. The second-order valence-electron chi connectivity index (χ2n) is 3.59. The molecule has 0 spiro atoms.